The van der Waals surface area contributed by atoms with Crippen LogP contribution in [-0.4, -0.2) is 25.2 Å². The highest BCUT2D eigenvalue weighted by Crippen LogP contribution is 2.22. The zero-order chi connectivity index (χ0) is 14.4. The van der Waals surface area contributed by atoms with Crippen molar-refractivity contribution in [3.05, 3.63) is 29.3 Å². The molecule has 4 nitrogen and oxygen atoms in total. The van der Waals surface area contributed by atoms with Gasteiger partial charge in [-0.15, -0.1) is 0 Å². The zero-order valence-corrected chi connectivity index (χ0v) is 12.4. The second kappa shape index (κ2) is 7.17. The van der Waals surface area contributed by atoms with Gasteiger partial charge in [-0.05, 0) is 36.5 Å². The molecule has 1 fully saturated rings. The van der Waals surface area contributed by atoms with Gasteiger partial charge in [-0.2, -0.15) is 0 Å². The Balaban J connectivity index is 2.02. The number of hydrogen-bond acceptors (Lipinski definition) is 2. The van der Waals surface area contributed by atoms with E-state index in [1.165, 1.54) is 11.1 Å². The minimum absolute atomic E-state index is 0.0698. The third kappa shape index (κ3) is 3.89. The number of carbonyl (C=O) groups is 1. The zero-order valence-electron chi connectivity index (χ0n) is 12.4. The summed E-state index contributed by atoms with van der Waals surface area (Å²) in [5.74, 6) is 0.996. The van der Waals surface area contributed by atoms with E-state index in [2.05, 4.69) is 42.7 Å². The molecule has 0 radical (unpaired) electrons. The fourth-order valence-corrected chi connectivity index (χ4v) is 2.39. The maximum absolute atomic E-state index is 11.1. The largest absolute Gasteiger partial charge is 0.493 e. The first-order valence-corrected chi connectivity index (χ1v) is 7.52. The number of ether oxygens (including phenoxy) is 1. The molecule has 1 saturated heterocycles. The van der Waals surface area contributed by atoms with Crippen molar-refractivity contribution in [1.29, 1.82) is 0 Å². The average Bonchev–Trinajstić information content (AvgIpc) is 2.85. The molecule has 2 rings (SSSR count). The Labute approximate surface area is 120 Å². The second-order valence-corrected chi connectivity index (χ2v) is 5.25. The molecular weight excluding hydrogens is 252 g/mol. The maximum atomic E-state index is 11.1. The van der Waals surface area contributed by atoms with Gasteiger partial charge in [0.05, 0.1) is 12.6 Å². The van der Waals surface area contributed by atoms with Crippen LogP contribution in [0.25, 0.3) is 0 Å². The van der Waals surface area contributed by atoms with Crippen LogP contribution in [0.5, 0.6) is 5.75 Å². The van der Waals surface area contributed by atoms with Gasteiger partial charge in [-0.3, -0.25) is 0 Å². The van der Waals surface area contributed by atoms with Crippen molar-refractivity contribution in [2.24, 2.45) is 0 Å². The predicted molar refractivity (Wildman–Crippen MR) is 80.2 cm³/mol. The molecule has 0 spiro atoms. The van der Waals surface area contributed by atoms with E-state index in [0.29, 0.717) is 6.54 Å². The van der Waals surface area contributed by atoms with Gasteiger partial charge in [0.2, 0.25) is 0 Å². The van der Waals surface area contributed by atoms with Gasteiger partial charge in [-0.25, -0.2) is 4.79 Å². The van der Waals surface area contributed by atoms with Gasteiger partial charge in [0.1, 0.15) is 5.75 Å². The van der Waals surface area contributed by atoms with Crippen LogP contribution in [0, 0.1) is 0 Å². The Hall–Kier alpha value is -1.71. The summed E-state index contributed by atoms with van der Waals surface area (Å²) in [4.78, 5) is 11.1. The fraction of sp³-hybridized carbons (Fsp3) is 0.562. The number of rotatable bonds is 7. The summed E-state index contributed by atoms with van der Waals surface area (Å²) in [7, 11) is 0. The van der Waals surface area contributed by atoms with Crippen LogP contribution in [0.4, 0.5) is 4.79 Å². The number of aryl methyl sites for hydroxylation is 1. The lowest BCUT2D eigenvalue weighted by molar-refractivity contribution is 0.247. The number of urea groups is 1. The van der Waals surface area contributed by atoms with E-state index in [1.54, 1.807) is 0 Å². The first-order chi connectivity index (χ1) is 9.72. The normalized spacial score (nSPS) is 17.7. The van der Waals surface area contributed by atoms with Crippen LogP contribution in [-0.2, 0) is 12.8 Å². The van der Waals surface area contributed by atoms with Gasteiger partial charge >= 0.3 is 6.03 Å². The minimum atomic E-state index is -0.0698. The first kappa shape index (κ1) is 14.7. The lowest BCUT2D eigenvalue weighted by Crippen LogP contribution is -2.28. The Kier molecular flexibility index (Phi) is 5.27. The van der Waals surface area contributed by atoms with Crippen LogP contribution < -0.4 is 15.4 Å². The van der Waals surface area contributed by atoms with Crippen LogP contribution in [0.2, 0.25) is 0 Å². The van der Waals surface area contributed by atoms with Crippen molar-refractivity contribution in [2.45, 2.75) is 45.6 Å². The standard InChI is InChI=1S/C16H24N2O2/c1-3-5-8-20-15-10-12(6-7-13(15)4-2)9-14-11-17-16(19)18-14/h6-7,10,14H,3-5,8-9,11H2,1-2H3,(H2,17,18,19). The van der Waals surface area contributed by atoms with E-state index in [9.17, 15) is 4.79 Å². The van der Waals surface area contributed by atoms with Gasteiger partial charge in [-0.1, -0.05) is 32.4 Å². The van der Waals surface area contributed by atoms with Crippen molar-refractivity contribution >= 4 is 6.03 Å². The number of amides is 2. The summed E-state index contributed by atoms with van der Waals surface area (Å²) < 4.78 is 5.89. The van der Waals surface area contributed by atoms with E-state index in [4.69, 9.17) is 4.74 Å². The van der Waals surface area contributed by atoms with Gasteiger partial charge in [0.15, 0.2) is 0 Å². The second-order valence-electron chi connectivity index (χ2n) is 5.25. The van der Waals surface area contributed by atoms with Crippen molar-refractivity contribution in [1.82, 2.24) is 10.6 Å². The van der Waals surface area contributed by atoms with Crippen LogP contribution in [0.15, 0.2) is 18.2 Å². The van der Waals surface area contributed by atoms with E-state index in [-0.39, 0.29) is 12.1 Å². The van der Waals surface area contributed by atoms with Crippen molar-refractivity contribution in [3.63, 3.8) is 0 Å². The fourth-order valence-electron chi connectivity index (χ4n) is 2.39. The van der Waals surface area contributed by atoms with Gasteiger partial charge in [0, 0.05) is 6.54 Å². The average molecular weight is 276 g/mol. The molecular formula is C16H24N2O2. The summed E-state index contributed by atoms with van der Waals surface area (Å²) in [6.07, 6.45) is 4.03. The summed E-state index contributed by atoms with van der Waals surface area (Å²) in [6, 6.07) is 6.51. The highest BCUT2D eigenvalue weighted by Gasteiger charge is 2.20. The van der Waals surface area contributed by atoms with E-state index in [1.807, 2.05) is 0 Å². The maximum Gasteiger partial charge on any atom is 0.315 e. The number of benzene rings is 1. The third-order valence-electron chi connectivity index (χ3n) is 3.59. The van der Waals surface area contributed by atoms with E-state index >= 15 is 0 Å². The van der Waals surface area contributed by atoms with Crippen LogP contribution in [0.3, 0.4) is 0 Å². The highest BCUT2D eigenvalue weighted by atomic mass is 16.5. The molecule has 0 aliphatic carbocycles. The molecule has 0 saturated carbocycles. The topological polar surface area (TPSA) is 50.4 Å². The first-order valence-electron chi connectivity index (χ1n) is 7.52. The Morgan fingerprint density at radius 3 is 2.85 bits per heavy atom. The molecule has 110 valence electrons. The van der Waals surface area contributed by atoms with Crippen molar-refractivity contribution in [3.8, 4) is 5.75 Å². The van der Waals surface area contributed by atoms with Crippen LogP contribution >= 0.6 is 0 Å². The van der Waals surface area contributed by atoms with Crippen molar-refractivity contribution in [2.75, 3.05) is 13.2 Å². The number of hydrogen-bond donors (Lipinski definition) is 2. The minimum Gasteiger partial charge on any atom is -0.493 e. The van der Waals surface area contributed by atoms with Crippen LogP contribution in [0.1, 0.15) is 37.8 Å². The molecule has 2 N–H and O–H groups in total. The Morgan fingerprint density at radius 1 is 1.35 bits per heavy atom. The summed E-state index contributed by atoms with van der Waals surface area (Å²) in [5, 5.41) is 5.70. The molecule has 0 aromatic heterocycles. The highest BCUT2D eigenvalue weighted by molar-refractivity contribution is 5.76. The monoisotopic (exact) mass is 276 g/mol. The molecule has 20 heavy (non-hydrogen) atoms. The quantitative estimate of drug-likeness (QED) is 0.752. The molecule has 1 atom stereocenters. The summed E-state index contributed by atoms with van der Waals surface area (Å²) in [6.45, 7) is 5.77. The lowest BCUT2D eigenvalue weighted by atomic mass is 10.0. The predicted octanol–water partition coefficient (Wildman–Crippen LogP) is 2.65. The SMILES string of the molecule is CCCCOc1cc(CC2CNC(=O)N2)ccc1CC. The molecule has 1 aliphatic rings. The molecule has 1 aromatic rings. The molecule has 0 bridgehead atoms. The van der Waals surface area contributed by atoms with E-state index < -0.39 is 0 Å². The summed E-state index contributed by atoms with van der Waals surface area (Å²) in [5.41, 5.74) is 2.46. The van der Waals surface area contributed by atoms with Gasteiger partial charge in [0.25, 0.3) is 0 Å². The molecule has 1 unspecified atom stereocenters. The number of carbonyl (C=O) groups excluding carboxylic acids is 1. The smallest absolute Gasteiger partial charge is 0.315 e. The number of nitrogens with one attached hydrogen (secondary N) is 2. The molecule has 1 aliphatic heterocycles. The molecule has 2 amide bonds. The lowest BCUT2D eigenvalue weighted by Gasteiger charge is -2.14. The van der Waals surface area contributed by atoms with Crippen molar-refractivity contribution < 1.29 is 9.53 Å². The third-order valence-corrected chi connectivity index (χ3v) is 3.59. The summed E-state index contributed by atoms with van der Waals surface area (Å²) >= 11 is 0. The number of unbranched alkanes of at least 4 members (excludes halogenated alkanes) is 1. The molecule has 4 heteroatoms. The molecule has 1 aromatic carbocycles. The Bertz CT molecular complexity index is 460. The van der Waals surface area contributed by atoms with Gasteiger partial charge < -0.3 is 15.4 Å². The molecule has 1 heterocycles. The Morgan fingerprint density at radius 2 is 2.20 bits per heavy atom. The van der Waals surface area contributed by atoms with E-state index in [0.717, 1.165) is 38.0 Å².